The van der Waals surface area contributed by atoms with Crippen molar-refractivity contribution in [3.05, 3.63) is 0 Å². The van der Waals surface area contributed by atoms with Gasteiger partial charge in [-0.3, -0.25) is 4.79 Å². The van der Waals surface area contributed by atoms with Crippen LogP contribution in [0, 0.1) is 17.8 Å². The lowest BCUT2D eigenvalue weighted by Gasteiger charge is -2.26. The minimum Gasteiger partial charge on any atom is -0.469 e. The average molecular weight is 198 g/mol. The number of rotatable bonds is 1. The Bertz CT molecular complexity index is 189. The van der Waals surface area contributed by atoms with Crippen LogP contribution in [-0.2, 0) is 9.53 Å². The molecule has 82 valence electrons. The molecule has 0 radical (unpaired) electrons. The Morgan fingerprint density at radius 2 is 1.71 bits per heavy atom. The summed E-state index contributed by atoms with van der Waals surface area (Å²) in [5.74, 6) is 1.72. The maximum atomic E-state index is 11.4. The smallest absolute Gasteiger partial charge is 0.308 e. The summed E-state index contributed by atoms with van der Waals surface area (Å²) in [6.45, 7) is 4.62. The van der Waals surface area contributed by atoms with E-state index in [1.165, 1.54) is 26.4 Å². The summed E-state index contributed by atoms with van der Waals surface area (Å²) >= 11 is 0. The zero-order chi connectivity index (χ0) is 10.6. The molecule has 0 bridgehead atoms. The largest absolute Gasteiger partial charge is 0.469 e. The van der Waals surface area contributed by atoms with Crippen molar-refractivity contribution in [2.75, 3.05) is 7.11 Å². The van der Waals surface area contributed by atoms with Crippen molar-refractivity contribution in [3.63, 3.8) is 0 Å². The van der Waals surface area contributed by atoms with Gasteiger partial charge < -0.3 is 4.74 Å². The van der Waals surface area contributed by atoms with E-state index in [0.29, 0.717) is 0 Å². The molecule has 2 nitrogen and oxygen atoms in total. The van der Waals surface area contributed by atoms with Gasteiger partial charge in [-0.05, 0) is 31.1 Å². The van der Waals surface area contributed by atoms with E-state index in [1.54, 1.807) is 0 Å². The lowest BCUT2D eigenvalue weighted by atomic mass is 9.80. The van der Waals surface area contributed by atoms with Crippen molar-refractivity contribution in [1.82, 2.24) is 0 Å². The molecule has 1 aliphatic rings. The molecule has 2 heteroatoms. The first-order valence-electron chi connectivity index (χ1n) is 5.73. The van der Waals surface area contributed by atoms with E-state index in [1.807, 2.05) is 0 Å². The van der Waals surface area contributed by atoms with Gasteiger partial charge >= 0.3 is 5.97 Å². The highest BCUT2D eigenvalue weighted by molar-refractivity contribution is 5.72. The van der Waals surface area contributed by atoms with Gasteiger partial charge in [0.25, 0.3) is 0 Å². The van der Waals surface area contributed by atoms with Crippen LogP contribution in [0.3, 0.4) is 0 Å². The Balaban J connectivity index is 2.46. The quantitative estimate of drug-likeness (QED) is 0.605. The van der Waals surface area contributed by atoms with Crippen molar-refractivity contribution in [3.8, 4) is 0 Å². The number of hydrogen-bond acceptors (Lipinski definition) is 2. The Labute approximate surface area is 87.0 Å². The van der Waals surface area contributed by atoms with E-state index in [-0.39, 0.29) is 11.9 Å². The molecule has 14 heavy (non-hydrogen) atoms. The number of methoxy groups -OCH3 is 1. The first-order valence-corrected chi connectivity index (χ1v) is 5.73. The van der Waals surface area contributed by atoms with Crippen LogP contribution in [0.4, 0.5) is 0 Å². The molecule has 0 amide bonds. The topological polar surface area (TPSA) is 26.3 Å². The average Bonchev–Trinajstić information content (AvgIpc) is 2.18. The standard InChI is InChI=1S/C12H22O2/c1-9-5-4-6-11(12(13)14-3)8-7-10(9)2/h9-11H,4-8H2,1-3H3. The van der Waals surface area contributed by atoms with E-state index >= 15 is 0 Å². The van der Waals surface area contributed by atoms with Crippen molar-refractivity contribution >= 4 is 5.97 Å². The molecule has 0 spiro atoms. The summed E-state index contributed by atoms with van der Waals surface area (Å²) in [6.07, 6.45) is 5.63. The molecule has 0 aromatic rings. The van der Waals surface area contributed by atoms with Gasteiger partial charge in [0, 0.05) is 0 Å². The zero-order valence-corrected chi connectivity index (χ0v) is 9.58. The molecular formula is C12H22O2. The van der Waals surface area contributed by atoms with Gasteiger partial charge in [0.2, 0.25) is 0 Å². The third-order valence-electron chi connectivity index (χ3n) is 3.69. The number of carbonyl (C=O) groups is 1. The van der Waals surface area contributed by atoms with Crippen LogP contribution in [0.25, 0.3) is 0 Å². The SMILES string of the molecule is COC(=O)C1CCCC(C)C(C)CC1. The van der Waals surface area contributed by atoms with Gasteiger partial charge in [-0.15, -0.1) is 0 Å². The van der Waals surface area contributed by atoms with Crippen LogP contribution in [-0.4, -0.2) is 13.1 Å². The molecule has 1 aliphatic carbocycles. The second kappa shape index (κ2) is 5.38. The molecule has 0 aromatic heterocycles. The molecule has 0 aromatic carbocycles. The third-order valence-corrected chi connectivity index (χ3v) is 3.69. The second-order valence-corrected chi connectivity index (χ2v) is 4.68. The fourth-order valence-electron chi connectivity index (χ4n) is 2.27. The molecule has 0 N–H and O–H groups in total. The minimum atomic E-state index is -0.00764. The Morgan fingerprint density at radius 3 is 2.36 bits per heavy atom. The molecule has 1 fully saturated rings. The fourth-order valence-corrected chi connectivity index (χ4v) is 2.27. The third kappa shape index (κ3) is 3.00. The van der Waals surface area contributed by atoms with E-state index in [2.05, 4.69) is 13.8 Å². The van der Waals surface area contributed by atoms with Gasteiger partial charge in [-0.1, -0.05) is 26.7 Å². The molecule has 1 saturated carbocycles. The van der Waals surface area contributed by atoms with Gasteiger partial charge in [0.05, 0.1) is 13.0 Å². The van der Waals surface area contributed by atoms with Crippen molar-refractivity contribution in [2.45, 2.75) is 46.0 Å². The van der Waals surface area contributed by atoms with E-state index in [4.69, 9.17) is 4.74 Å². The van der Waals surface area contributed by atoms with Crippen LogP contribution < -0.4 is 0 Å². The number of esters is 1. The van der Waals surface area contributed by atoms with Crippen LogP contribution in [0.2, 0.25) is 0 Å². The Hall–Kier alpha value is -0.530. The summed E-state index contributed by atoms with van der Waals surface area (Å²) in [6, 6.07) is 0. The molecule has 3 atom stereocenters. The normalized spacial score (nSPS) is 34.4. The summed E-state index contributed by atoms with van der Waals surface area (Å²) in [7, 11) is 1.49. The number of carbonyl (C=O) groups excluding carboxylic acids is 1. The fraction of sp³-hybridized carbons (Fsp3) is 0.917. The predicted octanol–water partition coefficient (Wildman–Crippen LogP) is 3.01. The molecule has 3 unspecified atom stereocenters. The van der Waals surface area contributed by atoms with Crippen LogP contribution >= 0.6 is 0 Å². The van der Waals surface area contributed by atoms with Crippen molar-refractivity contribution in [1.29, 1.82) is 0 Å². The summed E-state index contributed by atoms with van der Waals surface area (Å²) in [4.78, 5) is 11.4. The van der Waals surface area contributed by atoms with Crippen molar-refractivity contribution < 1.29 is 9.53 Å². The zero-order valence-electron chi connectivity index (χ0n) is 9.58. The van der Waals surface area contributed by atoms with E-state index in [0.717, 1.165) is 24.7 Å². The van der Waals surface area contributed by atoms with Gasteiger partial charge in [0.1, 0.15) is 0 Å². The predicted molar refractivity (Wildman–Crippen MR) is 56.9 cm³/mol. The first-order chi connectivity index (χ1) is 6.65. The Morgan fingerprint density at radius 1 is 1.07 bits per heavy atom. The summed E-state index contributed by atoms with van der Waals surface area (Å²) < 4.78 is 4.81. The van der Waals surface area contributed by atoms with E-state index in [9.17, 15) is 4.79 Å². The first kappa shape index (κ1) is 11.5. The molecule has 0 aliphatic heterocycles. The monoisotopic (exact) mass is 198 g/mol. The highest BCUT2D eigenvalue weighted by Gasteiger charge is 2.24. The second-order valence-electron chi connectivity index (χ2n) is 4.68. The van der Waals surface area contributed by atoms with Gasteiger partial charge in [-0.2, -0.15) is 0 Å². The minimum absolute atomic E-state index is 0.00764. The highest BCUT2D eigenvalue weighted by Crippen LogP contribution is 2.30. The molecule has 0 heterocycles. The number of ether oxygens (including phenoxy) is 1. The summed E-state index contributed by atoms with van der Waals surface area (Å²) in [5, 5.41) is 0. The maximum absolute atomic E-state index is 11.4. The van der Waals surface area contributed by atoms with E-state index < -0.39 is 0 Å². The van der Waals surface area contributed by atoms with Gasteiger partial charge in [0.15, 0.2) is 0 Å². The highest BCUT2D eigenvalue weighted by atomic mass is 16.5. The maximum Gasteiger partial charge on any atom is 0.308 e. The lowest BCUT2D eigenvalue weighted by Crippen LogP contribution is -2.21. The van der Waals surface area contributed by atoms with Gasteiger partial charge in [-0.25, -0.2) is 0 Å². The van der Waals surface area contributed by atoms with Crippen LogP contribution in [0.1, 0.15) is 46.0 Å². The summed E-state index contributed by atoms with van der Waals surface area (Å²) in [5.41, 5.74) is 0. The molecule has 0 saturated heterocycles. The number of hydrogen-bond donors (Lipinski definition) is 0. The van der Waals surface area contributed by atoms with Crippen LogP contribution in [0.15, 0.2) is 0 Å². The Kier molecular flexibility index (Phi) is 4.43. The lowest BCUT2D eigenvalue weighted by molar-refractivity contribution is -0.146. The van der Waals surface area contributed by atoms with Crippen LogP contribution in [0.5, 0.6) is 0 Å². The molecular weight excluding hydrogens is 176 g/mol. The molecule has 1 rings (SSSR count). The van der Waals surface area contributed by atoms with Crippen molar-refractivity contribution in [2.24, 2.45) is 17.8 Å².